The summed E-state index contributed by atoms with van der Waals surface area (Å²) in [7, 11) is 1.56. The van der Waals surface area contributed by atoms with Crippen LogP contribution in [-0.2, 0) is 6.54 Å². The van der Waals surface area contributed by atoms with Crippen molar-refractivity contribution in [1.29, 1.82) is 5.26 Å². The predicted molar refractivity (Wildman–Crippen MR) is 83.0 cm³/mol. The van der Waals surface area contributed by atoms with Gasteiger partial charge in [0, 0.05) is 11.0 Å². The Balaban J connectivity index is 2.06. The number of halogens is 1. The topological polar surface area (TPSA) is 62.1 Å². The van der Waals surface area contributed by atoms with Gasteiger partial charge in [-0.1, -0.05) is 12.1 Å². The van der Waals surface area contributed by atoms with Crippen LogP contribution in [0.5, 0.6) is 5.75 Å². The fraction of sp³-hybridized carbons (Fsp3) is 0.125. The molecule has 21 heavy (non-hydrogen) atoms. The molecule has 0 unspecified atom stereocenters. The lowest BCUT2D eigenvalue weighted by atomic mass is 10.1. The lowest BCUT2D eigenvalue weighted by Crippen LogP contribution is -2.23. The summed E-state index contributed by atoms with van der Waals surface area (Å²) in [6.07, 6.45) is 0. The van der Waals surface area contributed by atoms with Gasteiger partial charge in [0.2, 0.25) is 0 Å². The van der Waals surface area contributed by atoms with Gasteiger partial charge in [-0.25, -0.2) is 0 Å². The van der Waals surface area contributed by atoms with Gasteiger partial charge in [-0.3, -0.25) is 4.79 Å². The van der Waals surface area contributed by atoms with E-state index in [2.05, 4.69) is 27.3 Å². The van der Waals surface area contributed by atoms with Gasteiger partial charge in [0.1, 0.15) is 5.75 Å². The van der Waals surface area contributed by atoms with Crippen LogP contribution in [0.15, 0.2) is 46.9 Å². The third kappa shape index (κ3) is 3.83. The lowest BCUT2D eigenvalue weighted by molar-refractivity contribution is 0.0950. The number of amides is 1. The summed E-state index contributed by atoms with van der Waals surface area (Å²) in [6, 6.07) is 14.4. The van der Waals surface area contributed by atoms with Crippen molar-refractivity contribution in [2.75, 3.05) is 7.11 Å². The molecule has 0 spiro atoms. The molecule has 0 aromatic heterocycles. The minimum absolute atomic E-state index is 0.190. The highest BCUT2D eigenvalue weighted by Crippen LogP contribution is 2.22. The van der Waals surface area contributed by atoms with Crippen LogP contribution >= 0.6 is 15.9 Å². The van der Waals surface area contributed by atoms with E-state index < -0.39 is 0 Å². The molecule has 0 bridgehead atoms. The van der Waals surface area contributed by atoms with Crippen molar-refractivity contribution in [3.63, 3.8) is 0 Å². The number of hydrogen-bond acceptors (Lipinski definition) is 3. The Hall–Kier alpha value is -2.32. The maximum Gasteiger partial charge on any atom is 0.252 e. The molecule has 0 fully saturated rings. The van der Waals surface area contributed by atoms with E-state index in [0.717, 1.165) is 5.56 Å². The molecule has 1 amide bonds. The molecular weight excluding hydrogens is 332 g/mol. The number of nitriles is 1. The second-order valence-electron chi connectivity index (χ2n) is 4.34. The molecule has 0 atom stereocenters. The highest BCUT2D eigenvalue weighted by molar-refractivity contribution is 9.10. The first-order chi connectivity index (χ1) is 10.1. The van der Waals surface area contributed by atoms with Crippen molar-refractivity contribution in [3.05, 3.63) is 63.6 Å². The van der Waals surface area contributed by atoms with Gasteiger partial charge >= 0.3 is 0 Å². The van der Waals surface area contributed by atoms with Crippen LogP contribution < -0.4 is 10.1 Å². The number of hydrogen-bond donors (Lipinski definition) is 1. The standard InChI is InChI=1S/C16H13BrN2O2/c1-21-13-6-7-15(17)14(8-13)16(20)19-10-12-4-2-11(9-18)3-5-12/h2-8H,10H2,1H3,(H,19,20). The van der Waals surface area contributed by atoms with Crippen LogP contribution in [0.1, 0.15) is 21.5 Å². The molecule has 2 aromatic rings. The predicted octanol–water partition coefficient (Wildman–Crippen LogP) is 3.26. The van der Waals surface area contributed by atoms with Crippen molar-refractivity contribution in [2.24, 2.45) is 0 Å². The number of nitrogens with zero attached hydrogens (tertiary/aromatic N) is 1. The summed E-state index contributed by atoms with van der Waals surface area (Å²) in [5.41, 5.74) is 2.05. The Morgan fingerprint density at radius 2 is 2.00 bits per heavy atom. The third-order valence-electron chi connectivity index (χ3n) is 2.95. The van der Waals surface area contributed by atoms with Gasteiger partial charge in [0.25, 0.3) is 5.91 Å². The normalized spacial score (nSPS) is 9.76. The first-order valence-electron chi connectivity index (χ1n) is 6.25. The van der Waals surface area contributed by atoms with Crippen LogP contribution in [-0.4, -0.2) is 13.0 Å². The van der Waals surface area contributed by atoms with Crippen LogP contribution in [0.4, 0.5) is 0 Å². The molecule has 0 heterocycles. The molecule has 0 radical (unpaired) electrons. The highest BCUT2D eigenvalue weighted by Gasteiger charge is 2.11. The molecule has 0 aliphatic rings. The van der Waals surface area contributed by atoms with Gasteiger partial charge in [-0.2, -0.15) is 5.26 Å². The summed E-state index contributed by atoms with van der Waals surface area (Å²) >= 11 is 3.35. The van der Waals surface area contributed by atoms with E-state index in [9.17, 15) is 4.79 Å². The minimum Gasteiger partial charge on any atom is -0.497 e. The monoisotopic (exact) mass is 344 g/mol. The van der Waals surface area contributed by atoms with Gasteiger partial charge in [0.15, 0.2) is 0 Å². The number of ether oxygens (including phenoxy) is 1. The number of methoxy groups -OCH3 is 1. The first kappa shape index (κ1) is 15.1. The summed E-state index contributed by atoms with van der Waals surface area (Å²) in [6.45, 7) is 0.397. The van der Waals surface area contributed by atoms with Gasteiger partial charge < -0.3 is 10.1 Å². The van der Waals surface area contributed by atoms with Crippen molar-refractivity contribution in [2.45, 2.75) is 6.54 Å². The maximum absolute atomic E-state index is 12.2. The van der Waals surface area contributed by atoms with Crippen LogP contribution in [0.2, 0.25) is 0 Å². The van der Waals surface area contributed by atoms with E-state index in [1.165, 1.54) is 0 Å². The molecule has 2 aromatic carbocycles. The molecule has 0 aliphatic heterocycles. The highest BCUT2D eigenvalue weighted by atomic mass is 79.9. The third-order valence-corrected chi connectivity index (χ3v) is 3.65. The molecule has 0 aliphatic carbocycles. The van der Waals surface area contributed by atoms with Crippen LogP contribution in [0, 0.1) is 11.3 Å². The molecule has 4 nitrogen and oxygen atoms in total. The van der Waals surface area contributed by atoms with Gasteiger partial charge in [-0.05, 0) is 51.8 Å². The van der Waals surface area contributed by atoms with E-state index in [0.29, 0.717) is 27.9 Å². The second-order valence-corrected chi connectivity index (χ2v) is 5.19. The quantitative estimate of drug-likeness (QED) is 0.925. The summed E-state index contributed by atoms with van der Waals surface area (Å²) < 4.78 is 5.83. The fourth-order valence-electron chi connectivity index (χ4n) is 1.78. The number of benzene rings is 2. The zero-order valence-corrected chi connectivity index (χ0v) is 13.0. The van der Waals surface area contributed by atoms with Crippen molar-refractivity contribution in [3.8, 4) is 11.8 Å². The van der Waals surface area contributed by atoms with Gasteiger partial charge in [0.05, 0.1) is 24.3 Å². The number of rotatable bonds is 4. The fourth-order valence-corrected chi connectivity index (χ4v) is 2.21. The van der Waals surface area contributed by atoms with E-state index >= 15 is 0 Å². The average Bonchev–Trinajstić information content (AvgIpc) is 2.53. The van der Waals surface area contributed by atoms with Crippen molar-refractivity contribution >= 4 is 21.8 Å². The maximum atomic E-state index is 12.2. The zero-order valence-electron chi connectivity index (χ0n) is 11.4. The van der Waals surface area contributed by atoms with E-state index in [1.54, 1.807) is 37.4 Å². The summed E-state index contributed by atoms with van der Waals surface area (Å²) in [5, 5.41) is 11.6. The number of carbonyl (C=O) groups excluding carboxylic acids is 1. The number of carbonyl (C=O) groups is 1. The molecule has 5 heteroatoms. The molecule has 106 valence electrons. The number of nitrogens with one attached hydrogen (secondary N) is 1. The average molecular weight is 345 g/mol. The Bertz CT molecular complexity index is 690. The lowest BCUT2D eigenvalue weighted by Gasteiger charge is -2.09. The Labute approximate surface area is 131 Å². The van der Waals surface area contributed by atoms with Crippen molar-refractivity contribution < 1.29 is 9.53 Å². The molecule has 0 saturated heterocycles. The summed E-state index contributed by atoms with van der Waals surface area (Å²) in [4.78, 5) is 12.2. The summed E-state index contributed by atoms with van der Waals surface area (Å²) in [5.74, 6) is 0.437. The molecular formula is C16H13BrN2O2. The van der Waals surface area contributed by atoms with Crippen LogP contribution in [0.25, 0.3) is 0 Å². The Morgan fingerprint density at radius 1 is 1.29 bits per heavy atom. The molecule has 2 rings (SSSR count). The SMILES string of the molecule is COc1ccc(Br)c(C(=O)NCc2ccc(C#N)cc2)c1. The van der Waals surface area contributed by atoms with E-state index in [-0.39, 0.29) is 5.91 Å². The zero-order chi connectivity index (χ0) is 15.2. The molecule has 1 N–H and O–H groups in total. The van der Waals surface area contributed by atoms with Crippen molar-refractivity contribution in [1.82, 2.24) is 5.32 Å². The van der Waals surface area contributed by atoms with E-state index in [4.69, 9.17) is 10.00 Å². The Kier molecular flexibility index (Phi) is 4.96. The van der Waals surface area contributed by atoms with Crippen LogP contribution in [0.3, 0.4) is 0 Å². The Morgan fingerprint density at radius 3 is 2.62 bits per heavy atom. The van der Waals surface area contributed by atoms with E-state index in [1.807, 2.05) is 12.1 Å². The second kappa shape index (κ2) is 6.91. The minimum atomic E-state index is -0.190. The largest absolute Gasteiger partial charge is 0.497 e. The smallest absolute Gasteiger partial charge is 0.252 e. The van der Waals surface area contributed by atoms with Gasteiger partial charge in [-0.15, -0.1) is 0 Å². The molecule has 0 saturated carbocycles. The first-order valence-corrected chi connectivity index (χ1v) is 7.04.